The third-order valence-corrected chi connectivity index (χ3v) is 3.52. The number of hydrogen-bond acceptors (Lipinski definition) is 5. The Bertz CT molecular complexity index is 545. The second kappa shape index (κ2) is 8.99. The number of carboxylic acids is 1. The molecule has 0 fully saturated rings. The Labute approximate surface area is 135 Å². The molecule has 1 unspecified atom stereocenters. The SMILES string of the molecule is COc1ccc(C(O)CCC(=O)N(C)CCC(=O)O)c(OC)c1. The van der Waals surface area contributed by atoms with E-state index in [1.165, 1.54) is 19.1 Å². The minimum Gasteiger partial charge on any atom is -0.497 e. The van der Waals surface area contributed by atoms with E-state index >= 15 is 0 Å². The Balaban J connectivity index is 2.61. The lowest BCUT2D eigenvalue weighted by atomic mass is 10.0. The van der Waals surface area contributed by atoms with Crippen LogP contribution in [0.25, 0.3) is 0 Å². The molecule has 23 heavy (non-hydrogen) atoms. The lowest BCUT2D eigenvalue weighted by Crippen LogP contribution is -2.29. The molecule has 2 N–H and O–H groups in total. The maximum Gasteiger partial charge on any atom is 0.305 e. The van der Waals surface area contributed by atoms with Crippen LogP contribution < -0.4 is 9.47 Å². The molecule has 0 aliphatic carbocycles. The van der Waals surface area contributed by atoms with Crippen LogP contribution in [-0.4, -0.2) is 54.8 Å². The van der Waals surface area contributed by atoms with Crippen LogP contribution in [0, 0.1) is 0 Å². The van der Waals surface area contributed by atoms with Gasteiger partial charge in [-0.2, -0.15) is 0 Å². The van der Waals surface area contributed by atoms with E-state index in [9.17, 15) is 14.7 Å². The molecule has 0 heterocycles. The van der Waals surface area contributed by atoms with Gasteiger partial charge in [0.05, 0.1) is 26.7 Å². The van der Waals surface area contributed by atoms with Crippen molar-refractivity contribution in [3.8, 4) is 11.5 Å². The number of carbonyl (C=O) groups excluding carboxylic acids is 1. The number of amides is 1. The summed E-state index contributed by atoms with van der Waals surface area (Å²) in [5.74, 6) is -0.0590. The fourth-order valence-corrected chi connectivity index (χ4v) is 2.09. The van der Waals surface area contributed by atoms with Gasteiger partial charge < -0.3 is 24.6 Å². The number of methoxy groups -OCH3 is 2. The Morgan fingerprint density at radius 1 is 1.22 bits per heavy atom. The van der Waals surface area contributed by atoms with Crippen molar-refractivity contribution in [2.75, 3.05) is 27.8 Å². The van der Waals surface area contributed by atoms with E-state index in [1.54, 1.807) is 25.2 Å². The van der Waals surface area contributed by atoms with Crippen molar-refractivity contribution in [1.29, 1.82) is 0 Å². The van der Waals surface area contributed by atoms with Crippen molar-refractivity contribution in [1.82, 2.24) is 4.90 Å². The number of rotatable bonds is 9. The zero-order valence-electron chi connectivity index (χ0n) is 13.6. The molecule has 1 rings (SSSR count). The standard InChI is InChI=1S/C16H23NO6/c1-17(9-8-16(20)21)15(19)7-6-13(18)12-5-4-11(22-2)10-14(12)23-3/h4-5,10,13,18H,6-9H2,1-3H3,(H,20,21). The number of benzene rings is 1. The van der Waals surface area contributed by atoms with Crippen LogP contribution in [0.5, 0.6) is 11.5 Å². The minimum absolute atomic E-state index is 0.100. The fraction of sp³-hybridized carbons (Fsp3) is 0.500. The topological polar surface area (TPSA) is 96.3 Å². The van der Waals surface area contributed by atoms with E-state index in [1.807, 2.05) is 0 Å². The quantitative estimate of drug-likeness (QED) is 0.713. The molecule has 0 saturated heterocycles. The summed E-state index contributed by atoms with van der Waals surface area (Å²) in [6, 6.07) is 5.07. The van der Waals surface area contributed by atoms with Crippen LogP contribution >= 0.6 is 0 Å². The maximum absolute atomic E-state index is 11.9. The summed E-state index contributed by atoms with van der Waals surface area (Å²) in [6.07, 6.45) is -0.615. The molecule has 0 saturated carbocycles. The van der Waals surface area contributed by atoms with Gasteiger partial charge in [-0.3, -0.25) is 9.59 Å². The summed E-state index contributed by atoms with van der Waals surface area (Å²) in [4.78, 5) is 23.8. The van der Waals surface area contributed by atoms with Gasteiger partial charge in [0.15, 0.2) is 0 Å². The van der Waals surface area contributed by atoms with Gasteiger partial charge in [-0.1, -0.05) is 0 Å². The predicted molar refractivity (Wildman–Crippen MR) is 83.6 cm³/mol. The molecule has 0 radical (unpaired) electrons. The molecule has 7 heteroatoms. The molecular weight excluding hydrogens is 302 g/mol. The molecular formula is C16H23NO6. The number of carboxylic acid groups (broad SMARTS) is 1. The van der Waals surface area contributed by atoms with Gasteiger partial charge in [-0.25, -0.2) is 0 Å². The number of ether oxygens (including phenoxy) is 2. The first-order valence-electron chi connectivity index (χ1n) is 7.24. The second-order valence-corrected chi connectivity index (χ2v) is 5.12. The van der Waals surface area contributed by atoms with Crippen molar-refractivity contribution in [2.24, 2.45) is 0 Å². The van der Waals surface area contributed by atoms with Crippen LogP contribution in [0.1, 0.15) is 30.9 Å². The molecule has 128 valence electrons. The molecule has 1 aromatic carbocycles. The number of nitrogens with zero attached hydrogens (tertiary/aromatic N) is 1. The molecule has 1 aromatic rings. The monoisotopic (exact) mass is 325 g/mol. The Morgan fingerprint density at radius 3 is 2.48 bits per heavy atom. The van der Waals surface area contributed by atoms with Crippen LogP contribution in [-0.2, 0) is 9.59 Å². The summed E-state index contributed by atoms with van der Waals surface area (Å²) in [5, 5.41) is 18.9. The first-order valence-corrected chi connectivity index (χ1v) is 7.24. The second-order valence-electron chi connectivity index (χ2n) is 5.12. The van der Waals surface area contributed by atoms with E-state index in [4.69, 9.17) is 14.6 Å². The summed E-state index contributed by atoms with van der Waals surface area (Å²) in [6.45, 7) is 0.149. The lowest BCUT2D eigenvalue weighted by Gasteiger charge is -2.18. The Kier molecular flexibility index (Phi) is 7.34. The van der Waals surface area contributed by atoms with Crippen LogP contribution in [0.2, 0.25) is 0 Å². The minimum atomic E-state index is -0.951. The van der Waals surface area contributed by atoms with E-state index in [2.05, 4.69) is 0 Å². The van der Waals surface area contributed by atoms with E-state index in [-0.39, 0.29) is 31.7 Å². The first kappa shape index (κ1) is 18.8. The number of hydrogen-bond donors (Lipinski definition) is 2. The Hall–Kier alpha value is -2.28. The van der Waals surface area contributed by atoms with Gasteiger partial charge in [0.1, 0.15) is 11.5 Å². The van der Waals surface area contributed by atoms with Gasteiger partial charge in [0.25, 0.3) is 0 Å². The van der Waals surface area contributed by atoms with Crippen LogP contribution in [0.15, 0.2) is 18.2 Å². The lowest BCUT2D eigenvalue weighted by molar-refractivity contribution is -0.138. The van der Waals surface area contributed by atoms with E-state index in [0.717, 1.165) is 0 Å². The third-order valence-electron chi connectivity index (χ3n) is 3.52. The molecule has 0 spiro atoms. The smallest absolute Gasteiger partial charge is 0.305 e. The van der Waals surface area contributed by atoms with Crippen molar-refractivity contribution in [3.05, 3.63) is 23.8 Å². The summed E-state index contributed by atoms with van der Waals surface area (Å²) >= 11 is 0. The zero-order valence-corrected chi connectivity index (χ0v) is 13.6. The average Bonchev–Trinajstić information content (AvgIpc) is 2.56. The summed E-state index contributed by atoms with van der Waals surface area (Å²) in [5.41, 5.74) is 0.578. The number of aliphatic hydroxyl groups is 1. The highest BCUT2D eigenvalue weighted by Gasteiger charge is 2.17. The number of carbonyl (C=O) groups is 2. The van der Waals surface area contributed by atoms with Gasteiger partial charge >= 0.3 is 5.97 Å². The third kappa shape index (κ3) is 5.78. The van der Waals surface area contributed by atoms with Crippen molar-refractivity contribution in [3.63, 3.8) is 0 Å². The van der Waals surface area contributed by atoms with Gasteiger partial charge in [0, 0.05) is 31.6 Å². The van der Waals surface area contributed by atoms with Crippen LogP contribution in [0.4, 0.5) is 0 Å². The molecule has 0 aromatic heterocycles. The highest BCUT2D eigenvalue weighted by atomic mass is 16.5. The van der Waals surface area contributed by atoms with Gasteiger partial charge in [-0.15, -0.1) is 0 Å². The molecule has 1 amide bonds. The maximum atomic E-state index is 11.9. The number of aliphatic carboxylic acids is 1. The van der Waals surface area contributed by atoms with Gasteiger partial charge in [-0.05, 0) is 18.6 Å². The Morgan fingerprint density at radius 2 is 1.91 bits per heavy atom. The van der Waals surface area contributed by atoms with Crippen molar-refractivity contribution < 1.29 is 29.3 Å². The van der Waals surface area contributed by atoms with Gasteiger partial charge in [0.2, 0.25) is 5.91 Å². The molecule has 0 bridgehead atoms. The molecule has 1 atom stereocenters. The first-order chi connectivity index (χ1) is 10.9. The van der Waals surface area contributed by atoms with E-state index in [0.29, 0.717) is 17.1 Å². The van der Waals surface area contributed by atoms with E-state index < -0.39 is 12.1 Å². The highest BCUT2D eigenvalue weighted by Crippen LogP contribution is 2.31. The summed E-state index contributed by atoms with van der Waals surface area (Å²) < 4.78 is 10.3. The summed E-state index contributed by atoms with van der Waals surface area (Å²) in [7, 11) is 4.58. The van der Waals surface area contributed by atoms with Crippen molar-refractivity contribution in [2.45, 2.75) is 25.4 Å². The largest absolute Gasteiger partial charge is 0.497 e. The molecule has 0 aliphatic heterocycles. The van der Waals surface area contributed by atoms with Crippen molar-refractivity contribution >= 4 is 11.9 Å². The predicted octanol–water partition coefficient (Wildman–Crippen LogP) is 1.45. The zero-order chi connectivity index (χ0) is 17.4. The van der Waals surface area contributed by atoms with Crippen LogP contribution in [0.3, 0.4) is 0 Å². The molecule has 0 aliphatic rings. The average molecular weight is 325 g/mol. The number of aliphatic hydroxyl groups excluding tert-OH is 1. The fourth-order valence-electron chi connectivity index (χ4n) is 2.09. The molecule has 7 nitrogen and oxygen atoms in total. The highest BCUT2D eigenvalue weighted by molar-refractivity contribution is 5.76. The normalized spacial score (nSPS) is 11.7.